The van der Waals surface area contributed by atoms with E-state index in [1.807, 2.05) is 28.8 Å². The third-order valence-corrected chi connectivity index (χ3v) is 3.92. The number of hydrogen-bond acceptors (Lipinski definition) is 3. The lowest BCUT2D eigenvalue weighted by molar-refractivity contribution is 0.0779. The van der Waals surface area contributed by atoms with Gasteiger partial charge in [-0.3, -0.25) is 4.79 Å². The molecule has 0 spiro atoms. The molecule has 0 atom stereocenters. The van der Waals surface area contributed by atoms with Crippen LogP contribution in [0.3, 0.4) is 0 Å². The number of benzene rings is 1. The first-order valence-corrected chi connectivity index (χ1v) is 7.13. The molecule has 92 valence electrons. The summed E-state index contributed by atoms with van der Waals surface area (Å²) in [6, 6.07) is 5.62. The highest BCUT2D eigenvalue weighted by Gasteiger charge is 2.26. The molecular weight excluding hydrogens is 232 g/mol. The van der Waals surface area contributed by atoms with Crippen LogP contribution in [-0.2, 0) is 6.54 Å². The first-order valence-electron chi connectivity index (χ1n) is 5.97. The molecule has 2 N–H and O–H groups in total. The van der Waals surface area contributed by atoms with E-state index in [4.69, 9.17) is 5.73 Å². The van der Waals surface area contributed by atoms with Crippen LogP contribution >= 0.6 is 11.8 Å². The minimum Gasteiger partial charge on any atom is -0.399 e. The van der Waals surface area contributed by atoms with Crippen LogP contribution in [0.25, 0.3) is 0 Å². The highest BCUT2D eigenvalue weighted by atomic mass is 32.2. The summed E-state index contributed by atoms with van der Waals surface area (Å²) in [7, 11) is 0. The van der Waals surface area contributed by atoms with Gasteiger partial charge in [-0.1, -0.05) is 13.0 Å². The molecule has 3 nitrogen and oxygen atoms in total. The van der Waals surface area contributed by atoms with Gasteiger partial charge in [0.1, 0.15) is 0 Å². The smallest absolute Gasteiger partial charge is 0.254 e. The molecular formula is C13H18N2OS. The molecule has 0 bridgehead atoms. The number of carbonyl (C=O) groups is 1. The van der Waals surface area contributed by atoms with Gasteiger partial charge in [-0.15, -0.1) is 0 Å². The van der Waals surface area contributed by atoms with Crippen molar-refractivity contribution in [3.8, 4) is 0 Å². The number of nitrogens with zero attached hydrogens (tertiary/aromatic N) is 1. The second-order valence-corrected chi connectivity index (χ2v) is 5.59. The van der Waals surface area contributed by atoms with Crippen molar-refractivity contribution in [2.24, 2.45) is 0 Å². The van der Waals surface area contributed by atoms with Gasteiger partial charge in [0.05, 0.1) is 0 Å². The minimum absolute atomic E-state index is 0.133. The van der Waals surface area contributed by atoms with Gasteiger partial charge in [-0.2, -0.15) is 11.8 Å². The second kappa shape index (κ2) is 5.45. The van der Waals surface area contributed by atoms with E-state index in [1.165, 1.54) is 0 Å². The molecule has 1 aromatic rings. The van der Waals surface area contributed by atoms with Gasteiger partial charge in [0.25, 0.3) is 5.91 Å². The lowest BCUT2D eigenvalue weighted by atomic mass is 10.1. The Bertz CT molecular complexity index is 420. The molecule has 1 heterocycles. The quantitative estimate of drug-likeness (QED) is 0.644. The molecule has 0 aliphatic carbocycles. The molecule has 1 aliphatic heterocycles. The summed E-state index contributed by atoms with van der Waals surface area (Å²) in [4.78, 5) is 14.0. The summed E-state index contributed by atoms with van der Waals surface area (Å²) in [5.41, 5.74) is 8.26. The Morgan fingerprint density at radius 1 is 1.47 bits per heavy atom. The SMILES string of the molecule is CCSCCCN1Cc2ccc(N)cc2C1=O. The number of amides is 1. The van der Waals surface area contributed by atoms with E-state index in [-0.39, 0.29) is 5.91 Å². The topological polar surface area (TPSA) is 46.3 Å². The summed E-state index contributed by atoms with van der Waals surface area (Å²) in [5, 5.41) is 0. The predicted octanol–water partition coefficient (Wildman–Crippen LogP) is 2.37. The molecule has 0 radical (unpaired) electrons. The first kappa shape index (κ1) is 12.3. The molecule has 2 rings (SSSR count). The predicted molar refractivity (Wildman–Crippen MR) is 73.2 cm³/mol. The average Bonchev–Trinajstić information content (AvgIpc) is 2.62. The fourth-order valence-corrected chi connectivity index (χ4v) is 2.68. The minimum atomic E-state index is 0.133. The monoisotopic (exact) mass is 250 g/mol. The maximum atomic E-state index is 12.1. The molecule has 0 unspecified atom stereocenters. The Morgan fingerprint density at radius 2 is 2.29 bits per heavy atom. The van der Waals surface area contributed by atoms with Crippen LogP contribution < -0.4 is 5.73 Å². The third-order valence-electron chi connectivity index (χ3n) is 2.93. The summed E-state index contributed by atoms with van der Waals surface area (Å²) in [5.74, 6) is 2.40. The number of anilines is 1. The maximum absolute atomic E-state index is 12.1. The largest absolute Gasteiger partial charge is 0.399 e. The lowest BCUT2D eigenvalue weighted by Crippen LogP contribution is -2.25. The Kier molecular flexibility index (Phi) is 3.94. The van der Waals surface area contributed by atoms with Crippen LogP contribution in [0.2, 0.25) is 0 Å². The molecule has 0 saturated heterocycles. The van der Waals surface area contributed by atoms with Gasteiger partial charge >= 0.3 is 0 Å². The van der Waals surface area contributed by atoms with Crippen molar-refractivity contribution in [3.63, 3.8) is 0 Å². The fourth-order valence-electron chi connectivity index (χ4n) is 2.06. The molecule has 1 amide bonds. The van der Waals surface area contributed by atoms with Crippen LogP contribution in [-0.4, -0.2) is 28.9 Å². The standard InChI is InChI=1S/C13H18N2OS/c1-2-17-7-3-6-15-9-10-4-5-11(14)8-12(10)13(15)16/h4-5,8H,2-3,6-7,9,14H2,1H3. The fraction of sp³-hybridized carbons (Fsp3) is 0.462. The van der Waals surface area contributed by atoms with E-state index < -0.39 is 0 Å². The van der Waals surface area contributed by atoms with Crippen molar-refractivity contribution in [3.05, 3.63) is 29.3 Å². The third kappa shape index (κ3) is 2.75. The lowest BCUT2D eigenvalue weighted by Gasteiger charge is -2.14. The maximum Gasteiger partial charge on any atom is 0.254 e. The highest BCUT2D eigenvalue weighted by Crippen LogP contribution is 2.24. The molecule has 1 aromatic carbocycles. The number of fused-ring (bicyclic) bond motifs is 1. The van der Waals surface area contributed by atoms with Gasteiger partial charge in [0.2, 0.25) is 0 Å². The second-order valence-electron chi connectivity index (χ2n) is 4.19. The van der Waals surface area contributed by atoms with Crippen molar-refractivity contribution in [1.82, 2.24) is 4.90 Å². The normalized spacial score (nSPS) is 14.2. The Morgan fingerprint density at radius 3 is 3.06 bits per heavy atom. The van der Waals surface area contributed by atoms with Crippen molar-refractivity contribution >= 4 is 23.4 Å². The first-order chi connectivity index (χ1) is 8.22. The molecule has 0 saturated carbocycles. The van der Waals surface area contributed by atoms with Crippen LogP contribution in [0.5, 0.6) is 0 Å². The number of rotatable bonds is 5. The zero-order valence-electron chi connectivity index (χ0n) is 10.1. The van der Waals surface area contributed by atoms with Gasteiger partial charge in [-0.05, 0) is 35.6 Å². The van der Waals surface area contributed by atoms with Gasteiger partial charge in [0, 0.05) is 24.3 Å². The molecule has 1 aliphatic rings. The number of hydrogen-bond donors (Lipinski definition) is 1. The number of carbonyl (C=O) groups excluding carboxylic acids is 1. The molecule has 4 heteroatoms. The summed E-state index contributed by atoms with van der Waals surface area (Å²) in [6.45, 7) is 3.75. The number of thioether (sulfide) groups is 1. The Hall–Kier alpha value is -1.16. The molecule has 0 fully saturated rings. The van der Waals surface area contributed by atoms with Crippen LogP contribution in [0, 0.1) is 0 Å². The molecule has 0 aromatic heterocycles. The van der Waals surface area contributed by atoms with E-state index in [9.17, 15) is 4.79 Å². The van der Waals surface area contributed by atoms with Crippen LogP contribution in [0.1, 0.15) is 29.3 Å². The van der Waals surface area contributed by atoms with E-state index in [1.54, 1.807) is 6.07 Å². The van der Waals surface area contributed by atoms with E-state index >= 15 is 0 Å². The Labute approximate surface area is 106 Å². The van der Waals surface area contributed by atoms with Crippen molar-refractivity contribution in [2.45, 2.75) is 19.9 Å². The van der Waals surface area contributed by atoms with Gasteiger partial charge in [0.15, 0.2) is 0 Å². The number of nitrogens with two attached hydrogens (primary N) is 1. The zero-order valence-corrected chi connectivity index (χ0v) is 10.9. The summed E-state index contributed by atoms with van der Waals surface area (Å²) >= 11 is 1.92. The van der Waals surface area contributed by atoms with Crippen LogP contribution in [0.15, 0.2) is 18.2 Å². The Balaban J connectivity index is 1.95. The van der Waals surface area contributed by atoms with Crippen molar-refractivity contribution in [2.75, 3.05) is 23.8 Å². The van der Waals surface area contributed by atoms with E-state index in [2.05, 4.69) is 6.92 Å². The van der Waals surface area contributed by atoms with Gasteiger partial charge in [-0.25, -0.2) is 0 Å². The van der Waals surface area contributed by atoms with E-state index in [0.29, 0.717) is 5.69 Å². The summed E-state index contributed by atoms with van der Waals surface area (Å²) < 4.78 is 0. The number of nitrogen functional groups attached to an aromatic ring is 1. The molecule has 17 heavy (non-hydrogen) atoms. The summed E-state index contributed by atoms with van der Waals surface area (Å²) in [6.07, 6.45) is 1.06. The average molecular weight is 250 g/mol. The van der Waals surface area contributed by atoms with Crippen molar-refractivity contribution < 1.29 is 4.79 Å². The van der Waals surface area contributed by atoms with Crippen LogP contribution in [0.4, 0.5) is 5.69 Å². The highest BCUT2D eigenvalue weighted by molar-refractivity contribution is 7.99. The van der Waals surface area contributed by atoms with Gasteiger partial charge < -0.3 is 10.6 Å². The van der Waals surface area contributed by atoms with Crippen molar-refractivity contribution in [1.29, 1.82) is 0 Å². The van der Waals surface area contributed by atoms with E-state index in [0.717, 1.165) is 42.1 Å². The zero-order chi connectivity index (χ0) is 12.3.